The average Bonchev–Trinajstić information content (AvgIpc) is 2.45. The Bertz CT molecular complexity index is 630. The van der Waals surface area contributed by atoms with Crippen LogP contribution < -0.4 is 0 Å². The van der Waals surface area contributed by atoms with Gasteiger partial charge in [0.15, 0.2) is 0 Å². The van der Waals surface area contributed by atoms with Crippen molar-refractivity contribution in [1.29, 1.82) is 0 Å². The fourth-order valence-corrected chi connectivity index (χ4v) is 2.07. The maximum absolute atomic E-state index is 13.3. The van der Waals surface area contributed by atoms with Crippen molar-refractivity contribution in [1.82, 2.24) is 0 Å². The first-order valence-corrected chi connectivity index (χ1v) is 6.09. The third-order valence-electron chi connectivity index (χ3n) is 3.23. The molecule has 1 nitrogen and oxygen atoms in total. The third-order valence-corrected chi connectivity index (χ3v) is 3.23. The molecule has 1 atom stereocenters. The predicted molar refractivity (Wildman–Crippen MR) is 66.9 cm³/mol. The molecular formula is C15H10F6O. The van der Waals surface area contributed by atoms with Crippen molar-refractivity contribution >= 4 is 0 Å². The summed E-state index contributed by atoms with van der Waals surface area (Å²) in [7, 11) is 0. The second-order valence-corrected chi connectivity index (χ2v) is 4.65. The Labute approximate surface area is 121 Å². The minimum absolute atomic E-state index is 0.470. The minimum atomic E-state index is -5.09. The summed E-state index contributed by atoms with van der Waals surface area (Å²) in [5, 5.41) is 10.2. The molecule has 22 heavy (non-hydrogen) atoms. The summed E-state index contributed by atoms with van der Waals surface area (Å²) >= 11 is 0. The van der Waals surface area contributed by atoms with Crippen molar-refractivity contribution in [3.63, 3.8) is 0 Å². The van der Waals surface area contributed by atoms with Gasteiger partial charge in [-0.05, 0) is 23.3 Å². The van der Waals surface area contributed by atoms with Crippen LogP contribution in [0.4, 0.5) is 26.3 Å². The lowest BCUT2D eigenvalue weighted by Crippen LogP contribution is -2.43. The van der Waals surface area contributed by atoms with Gasteiger partial charge in [0.1, 0.15) is 0 Å². The zero-order valence-corrected chi connectivity index (χ0v) is 10.9. The third kappa shape index (κ3) is 2.81. The molecule has 0 radical (unpaired) electrons. The fraction of sp³-hybridized carbons (Fsp3) is 0.200. The molecule has 0 aliphatic carbocycles. The normalized spacial score (nSPS) is 15.4. The van der Waals surface area contributed by atoms with Crippen LogP contribution in [-0.4, -0.2) is 11.3 Å². The van der Waals surface area contributed by atoms with E-state index in [4.69, 9.17) is 0 Å². The summed E-state index contributed by atoms with van der Waals surface area (Å²) in [6, 6.07) is 8.46. The second-order valence-electron chi connectivity index (χ2n) is 4.65. The van der Waals surface area contributed by atoms with Gasteiger partial charge < -0.3 is 5.11 Å². The summed E-state index contributed by atoms with van der Waals surface area (Å²) in [6.07, 6.45) is -9.75. The highest BCUT2D eigenvalue weighted by atomic mass is 19.4. The first-order chi connectivity index (χ1) is 10.1. The summed E-state index contributed by atoms with van der Waals surface area (Å²) < 4.78 is 77.5. The zero-order chi connectivity index (χ0) is 16.6. The molecule has 0 aliphatic heterocycles. The van der Waals surface area contributed by atoms with E-state index < -0.39 is 34.6 Å². The van der Waals surface area contributed by atoms with E-state index >= 15 is 0 Å². The van der Waals surface area contributed by atoms with Gasteiger partial charge in [-0.15, -0.1) is 0 Å². The number of rotatable bonds is 2. The van der Waals surface area contributed by atoms with Crippen LogP contribution in [0.1, 0.15) is 16.7 Å². The van der Waals surface area contributed by atoms with E-state index in [1.165, 1.54) is 18.2 Å². The van der Waals surface area contributed by atoms with Gasteiger partial charge in [0.2, 0.25) is 5.60 Å². The number of hydrogen-bond acceptors (Lipinski definition) is 1. The highest BCUT2D eigenvalue weighted by Crippen LogP contribution is 2.44. The molecule has 0 saturated heterocycles. The smallest absolute Gasteiger partial charge is 0.372 e. The van der Waals surface area contributed by atoms with E-state index in [2.05, 4.69) is 0 Å². The van der Waals surface area contributed by atoms with Crippen molar-refractivity contribution in [2.45, 2.75) is 18.0 Å². The van der Waals surface area contributed by atoms with Crippen LogP contribution in [-0.2, 0) is 11.8 Å². The largest absolute Gasteiger partial charge is 0.425 e. The van der Waals surface area contributed by atoms with E-state index in [1.807, 2.05) is 0 Å². The first-order valence-electron chi connectivity index (χ1n) is 6.09. The van der Waals surface area contributed by atoms with Gasteiger partial charge in [0, 0.05) is 0 Å². The number of benzene rings is 2. The van der Waals surface area contributed by atoms with Gasteiger partial charge in [0.05, 0.1) is 5.56 Å². The molecule has 0 aliphatic rings. The Morgan fingerprint density at radius 3 is 1.41 bits per heavy atom. The SMILES string of the molecule is OC(c1ccccc1)(c1ccc(C(F)(F)F)cc1)C(F)(F)[18F]. The topological polar surface area (TPSA) is 20.2 Å². The van der Waals surface area contributed by atoms with Gasteiger partial charge in [0.25, 0.3) is 0 Å². The van der Waals surface area contributed by atoms with Crippen LogP contribution in [0.3, 0.4) is 0 Å². The van der Waals surface area contributed by atoms with E-state index in [0.29, 0.717) is 24.3 Å². The maximum atomic E-state index is 13.3. The lowest BCUT2D eigenvalue weighted by atomic mass is 9.85. The standard InChI is InChI=1S/C15H10F6O/c16-14(17,18)12-8-6-11(7-9-12)13(22,15(19,20)21)10-4-2-1-3-5-10/h1-9,22H/i19-1. The molecule has 0 fully saturated rings. The van der Waals surface area contributed by atoms with Gasteiger partial charge in [-0.2, -0.15) is 26.3 Å². The van der Waals surface area contributed by atoms with Crippen LogP contribution in [0.25, 0.3) is 0 Å². The highest BCUT2D eigenvalue weighted by molar-refractivity contribution is 5.39. The lowest BCUT2D eigenvalue weighted by Gasteiger charge is -2.31. The molecule has 2 aromatic carbocycles. The van der Waals surface area contributed by atoms with Crippen LogP contribution in [0.15, 0.2) is 54.6 Å². The van der Waals surface area contributed by atoms with Crippen molar-refractivity contribution in [3.05, 3.63) is 71.3 Å². The van der Waals surface area contributed by atoms with E-state index in [0.717, 1.165) is 12.1 Å². The lowest BCUT2D eigenvalue weighted by molar-refractivity contribution is -0.248. The van der Waals surface area contributed by atoms with E-state index in [-0.39, 0.29) is 0 Å². The predicted octanol–water partition coefficient (Wildman–Crippen LogP) is 4.50. The van der Waals surface area contributed by atoms with Crippen molar-refractivity contribution in [2.24, 2.45) is 0 Å². The molecule has 0 bridgehead atoms. The minimum Gasteiger partial charge on any atom is -0.372 e. The number of alkyl halides is 6. The maximum Gasteiger partial charge on any atom is 0.425 e. The fourth-order valence-electron chi connectivity index (χ4n) is 2.07. The molecule has 0 aromatic heterocycles. The molecular weight excluding hydrogens is 309 g/mol. The molecule has 0 heterocycles. The molecule has 0 amide bonds. The number of hydrogen-bond donors (Lipinski definition) is 1. The average molecular weight is 319 g/mol. The van der Waals surface area contributed by atoms with Gasteiger partial charge >= 0.3 is 12.4 Å². The Morgan fingerprint density at radius 1 is 0.591 bits per heavy atom. The quantitative estimate of drug-likeness (QED) is 0.808. The summed E-state index contributed by atoms with van der Waals surface area (Å²) in [4.78, 5) is 0. The molecule has 1 N–H and O–H groups in total. The van der Waals surface area contributed by atoms with E-state index in [9.17, 15) is 31.4 Å². The number of halogens is 6. The Morgan fingerprint density at radius 2 is 1.00 bits per heavy atom. The molecule has 1 unspecified atom stereocenters. The first kappa shape index (κ1) is 16.4. The van der Waals surface area contributed by atoms with Gasteiger partial charge in [-0.25, -0.2) is 0 Å². The zero-order valence-electron chi connectivity index (χ0n) is 10.9. The molecule has 0 saturated carbocycles. The van der Waals surface area contributed by atoms with Crippen molar-refractivity contribution < 1.29 is 31.4 Å². The molecule has 7 heteroatoms. The molecule has 0 spiro atoms. The van der Waals surface area contributed by atoms with Gasteiger partial charge in [-0.3, -0.25) is 0 Å². The van der Waals surface area contributed by atoms with Crippen molar-refractivity contribution in [2.75, 3.05) is 0 Å². The molecule has 2 aromatic rings. The van der Waals surface area contributed by atoms with Crippen LogP contribution >= 0.6 is 0 Å². The molecule has 118 valence electrons. The number of aliphatic hydroxyl groups is 1. The van der Waals surface area contributed by atoms with Crippen LogP contribution in [0, 0.1) is 0 Å². The van der Waals surface area contributed by atoms with Crippen LogP contribution in [0.2, 0.25) is 0 Å². The Kier molecular flexibility index (Phi) is 3.95. The highest BCUT2D eigenvalue weighted by Gasteiger charge is 2.56. The van der Waals surface area contributed by atoms with Gasteiger partial charge in [-0.1, -0.05) is 42.5 Å². The Balaban J connectivity index is 2.57. The Hall–Kier alpha value is -2.02. The monoisotopic (exact) mass is 319 g/mol. The summed E-state index contributed by atoms with van der Waals surface area (Å²) in [5.74, 6) is 0. The van der Waals surface area contributed by atoms with E-state index in [1.54, 1.807) is 0 Å². The van der Waals surface area contributed by atoms with Crippen LogP contribution in [0.5, 0.6) is 0 Å². The summed E-state index contributed by atoms with van der Waals surface area (Å²) in [5.41, 5.74) is -5.62. The molecule has 2 rings (SSSR count). The second kappa shape index (κ2) is 5.31. The summed E-state index contributed by atoms with van der Waals surface area (Å²) in [6.45, 7) is 0. The van der Waals surface area contributed by atoms with Crippen molar-refractivity contribution in [3.8, 4) is 0 Å².